The van der Waals surface area contributed by atoms with Gasteiger partial charge in [0.15, 0.2) is 0 Å². The van der Waals surface area contributed by atoms with Gasteiger partial charge in [0.2, 0.25) is 0 Å². The largest absolute Gasteiger partial charge is 0.462 e. The van der Waals surface area contributed by atoms with Crippen LogP contribution in [0.15, 0.2) is 46.4 Å². The highest BCUT2D eigenvalue weighted by atomic mass is 16.7. The van der Waals surface area contributed by atoms with E-state index in [0.717, 1.165) is 24.8 Å². The summed E-state index contributed by atoms with van der Waals surface area (Å²) >= 11 is 0. The second-order valence-corrected chi connectivity index (χ2v) is 7.31. The van der Waals surface area contributed by atoms with Crippen LogP contribution < -0.4 is 0 Å². The number of hydrogen-bond acceptors (Lipinski definition) is 7. The van der Waals surface area contributed by atoms with E-state index in [0.29, 0.717) is 36.5 Å². The molecule has 0 bridgehead atoms. The summed E-state index contributed by atoms with van der Waals surface area (Å²) in [6.45, 7) is 2.06. The number of benzene rings is 1. The van der Waals surface area contributed by atoms with E-state index in [-0.39, 0.29) is 11.5 Å². The second-order valence-electron chi connectivity index (χ2n) is 7.31. The van der Waals surface area contributed by atoms with Gasteiger partial charge in [0, 0.05) is 24.5 Å². The molecular formula is C23H22O7. The monoisotopic (exact) mass is 410 g/mol. The van der Waals surface area contributed by atoms with E-state index in [1.165, 1.54) is 6.08 Å². The van der Waals surface area contributed by atoms with Gasteiger partial charge in [0.05, 0.1) is 12.2 Å². The highest BCUT2D eigenvalue weighted by Crippen LogP contribution is 2.37. The van der Waals surface area contributed by atoms with Gasteiger partial charge in [-0.3, -0.25) is 0 Å². The van der Waals surface area contributed by atoms with E-state index >= 15 is 0 Å². The number of rotatable bonds is 4. The molecule has 1 aliphatic carbocycles. The Morgan fingerprint density at radius 3 is 2.30 bits per heavy atom. The van der Waals surface area contributed by atoms with Crippen LogP contribution in [0.1, 0.15) is 55.1 Å². The van der Waals surface area contributed by atoms with Crippen molar-refractivity contribution in [2.24, 2.45) is 0 Å². The fourth-order valence-electron chi connectivity index (χ4n) is 3.68. The predicted octanol–water partition coefficient (Wildman–Crippen LogP) is 4.27. The van der Waals surface area contributed by atoms with Crippen molar-refractivity contribution in [3.63, 3.8) is 0 Å². The van der Waals surface area contributed by atoms with Crippen LogP contribution in [0.25, 0.3) is 17.4 Å². The first kappa shape index (κ1) is 19.9. The molecular weight excluding hydrogens is 388 g/mol. The van der Waals surface area contributed by atoms with E-state index in [1.54, 1.807) is 43.3 Å². The Balaban J connectivity index is 1.50. The molecule has 2 fully saturated rings. The van der Waals surface area contributed by atoms with Crippen LogP contribution in [-0.2, 0) is 23.8 Å². The Labute approximate surface area is 173 Å². The minimum absolute atomic E-state index is 0.190. The van der Waals surface area contributed by atoms with Gasteiger partial charge in [-0.25, -0.2) is 14.4 Å². The van der Waals surface area contributed by atoms with E-state index in [9.17, 15) is 14.4 Å². The van der Waals surface area contributed by atoms with Crippen LogP contribution in [0.3, 0.4) is 0 Å². The summed E-state index contributed by atoms with van der Waals surface area (Å²) in [4.78, 5) is 36.6. The van der Waals surface area contributed by atoms with Gasteiger partial charge in [0.1, 0.15) is 17.1 Å². The van der Waals surface area contributed by atoms with Crippen molar-refractivity contribution in [3.8, 4) is 11.3 Å². The van der Waals surface area contributed by atoms with Crippen LogP contribution in [0.5, 0.6) is 0 Å². The van der Waals surface area contributed by atoms with Crippen molar-refractivity contribution >= 4 is 24.0 Å². The van der Waals surface area contributed by atoms with Gasteiger partial charge in [-0.05, 0) is 44.0 Å². The third-order valence-electron chi connectivity index (χ3n) is 5.21. The summed E-state index contributed by atoms with van der Waals surface area (Å²) in [5.41, 5.74) is 0.992. The van der Waals surface area contributed by atoms with Gasteiger partial charge < -0.3 is 18.6 Å². The smallest absolute Gasteiger partial charge is 0.349 e. The van der Waals surface area contributed by atoms with E-state index in [4.69, 9.17) is 18.6 Å². The van der Waals surface area contributed by atoms with Crippen LogP contribution in [0.2, 0.25) is 0 Å². The highest BCUT2D eigenvalue weighted by Gasteiger charge is 2.46. The zero-order valence-corrected chi connectivity index (χ0v) is 16.6. The number of furan rings is 1. The number of ether oxygens (including phenoxy) is 3. The molecule has 1 spiro atoms. The average molecular weight is 410 g/mol. The van der Waals surface area contributed by atoms with Crippen molar-refractivity contribution in [1.82, 2.24) is 0 Å². The van der Waals surface area contributed by atoms with Gasteiger partial charge in [-0.15, -0.1) is 0 Å². The first-order chi connectivity index (χ1) is 14.5. The zero-order valence-electron chi connectivity index (χ0n) is 16.6. The van der Waals surface area contributed by atoms with Crippen molar-refractivity contribution < 1.29 is 33.0 Å². The van der Waals surface area contributed by atoms with Crippen LogP contribution in [-0.4, -0.2) is 30.3 Å². The van der Waals surface area contributed by atoms with Crippen molar-refractivity contribution in [2.75, 3.05) is 6.61 Å². The molecule has 1 saturated carbocycles. The van der Waals surface area contributed by atoms with Crippen LogP contribution in [0.4, 0.5) is 0 Å². The van der Waals surface area contributed by atoms with Crippen molar-refractivity contribution in [3.05, 3.63) is 53.3 Å². The van der Waals surface area contributed by atoms with Crippen molar-refractivity contribution in [2.45, 2.75) is 44.8 Å². The molecule has 2 aliphatic rings. The van der Waals surface area contributed by atoms with Crippen LogP contribution in [0, 0.1) is 0 Å². The van der Waals surface area contributed by atoms with Gasteiger partial charge in [0.25, 0.3) is 5.79 Å². The zero-order chi connectivity index (χ0) is 21.1. The van der Waals surface area contributed by atoms with Crippen LogP contribution >= 0.6 is 0 Å². The topological polar surface area (TPSA) is 92.0 Å². The third kappa shape index (κ3) is 4.01. The Morgan fingerprint density at radius 1 is 1.00 bits per heavy atom. The Hall–Kier alpha value is -3.35. The molecule has 1 aromatic heterocycles. The standard InChI is InChI=1S/C23H22O7/c1-2-27-20(24)16-8-6-15(7-9-16)19-11-10-17(28-19)14-18-21(25)29-23(30-22(18)26)12-4-3-5-13-23/h6-11,14H,2-5,12-13H2,1H3. The number of carbonyl (C=O) groups is 3. The lowest BCUT2D eigenvalue weighted by Gasteiger charge is -2.38. The Bertz CT molecular complexity index is 969. The molecule has 1 saturated heterocycles. The molecule has 0 radical (unpaired) electrons. The molecule has 0 unspecified atom stereocenters. The molecule has 1 aromatic carbocycles. The molecule has 1 aliphatic heterocycles. The highest BCUT2D eigenvalue weighted by molar-refractivity contribution is 6.18. The molecule has 0 N–H and O–H groups in total. The molecule has 0 atom stereocenters. The van der Waals surface area contributed by atoms with E-state index in [2.05, 4.69) is 0 Å². The summed E-state index contributed by atoms with van der Waals surface area (Å²) < 4.78 is 21.7. The summed E-state index contributed by atoms with van der Waals surface area (Å²) in [5.74, 6) is -2.03. The maximum atomic E-state index is 12.4. The number of hydrogen-bond donors (Lipinski definition) is 0. The maximum Gasteiger partial charge on any atom is 0.349 e. The Kier molecular flexibility index (Phi) is 5.44. The first-order valence-electron chi connectivity index (χ1n) is 10.1. The average Bonchev–Trinajstić information content (AvgIpc) is 3.20. The second kappa shape index (κ2) is 8.18. The molecule has 7 heteroatoms. The molecule has 156 valence electrons. The SMILES string of the molecule is CCOC(=O)c1ccc(-c2ccc(C=C3C(=O)OC4(CCCCC4)OC3=O)o2)cc1. The fraction of sp³-hybridized carbons (Fsp3) is 0.348. The number of esters is 3. The summed E-state index contributed by atoms with van der Waals surface area (Å²) in [5, 5.41) is 0. The quantitative estimate of drug-likeness (QED) is 0.422. The summed E-state index contributed by atoms with van der Waals surface area (Å²) in [7, 11) is 0. The molecule has 2 aromatic rings. The lowest BCUT2D eigenvalue weighted by Crippen LogP contribution is -2.47. The molecule has 7 nitrogen and oxygen atoms in total. The normalized spacial score (nSPS) is 18.0. The van der Waals surface area contributed by atoms with Crippen molar-refractivity contribution in [1.29, 1.82) is 0 Å². The predicted molar refractivity (Wildman–Crippen MR) is 106 cm³/mol. The summed E-state index contributed by atoms with van der Waals surface area (Å²) in [6, 6.07) is 10.1. The molecule has 4 rings (SSSR count). The van der Waals surface area contributed by atoms with Gasteiger partial charge in [-0.2, -0.15) is 0 Å². The maximum absolute atomic E-state index is 12.4. The lowest BCUT2D eigenvalue weighted by atomic mass is 9.93. The van der Waals surface area contributed by atoms with E-state index in [1.807, 2.05) is 0 Å². The third-order valence-corrected chi connectivity index (χ3v) is 5.21. The molecule has 30 heavy (non-hydrogen) atoms. The Morgan fingerprint density at radius 2 is 1.67 bits per heavy atom. The fourth-order valence-corrected chi connectivity index (χ4v) is 3.68. The number of carbonyl (C=O) groups excluding carboxylic acids is 3. The van der Waals surface area contributed by atoms with Gasteiger partial charge >= 0.3 is 17.9 Å². The van der Waals surface area contributed by atoms with E-state index < -0.39 is 17.7 Å². The molecule has 0 amide bonds. The minimum atomic E-state index is -1.11. The first-order valence-corrected chi connectivity index (χ1v) is 10.1. The van der Waals surface area contributed by atoms with Gasteiger partial charge in [-0.1, -0.05) is 18.6 Å². The minimum Gasteiger partial charge on any atom is -0.462 e. The summed E-state index contributed by atoms with van der Waals surface area (Å²) in [6.07, 6.45) is 5.15. The lowest BCUT2D eigenvalue weighted by molar-refractivity contribution is -0.244. The molecule has 2 heterocycles.